The highest BCUT2D eigenvalue weighted by molar-refractivity contribution is 5.69. The van der Waals surface area contributed by atoms with Crippen LogP contribution in [0.15, 0.2) is 60.8 Å². The van der Waals surface area contributed by atoms with E-state index in [0.717, 1.165) is 44.9 Å². The van der Waals surface area contributed by atoms with Crippen molar-refractivity contribution in [2.45, 2.75) is 58.3 Å². The van der Waals surface area contributed by atoms with Gasteiger partial charge in [-0.05, 0) is 44.9 Å². The predicted molar refractivity (Wildman–Crippen MR) is 101 cm³/mol. The minimum Gasteiger partial charge on any atom is -0.439 e. The SMILES string of the molecule is CC/C=C\C/C=C\C/C=C\C/C=C\C/C=C\CCCC(=O)OCO. The lowest BCUT2D eigenvalue weighted by molar-refractivity contribution is -0.151. The summed E-state index contributed by atoms with van der Waals surface area (Å²) >= 11 is 0. The van der Waals surface area contributed by atoms with Gasteiger partial charge in [-0.2, -0.15) is 0 Å². The van der Waals surface area contributed by atoms with E-state index in [0.29, 0.717) is 6.42 Å². The number of aliphatic hydroxyl groups excluding tert-OH is 1. The van der Waals surface area contributed by atoms with Gasteiger partial charge >= 0.3 is 5.97 Å². The normalized spacial score (nSPS) is 12.6. The first-order valence-electron chi connectivity index (χ1n) is 8.82. The number of hydrogen-bond donors (Lipinski definition) is 1. The molecule has 0 heterocycles. The van der Waals surface area contributed by atoms with E-state index in [9.17, 15) is 4.79 Å². The van der Waals surface area contributed by atoms with E-state index in [1.807, 2.05) is 0 Å². The number of allylic oxidation sites excluding steroid dienone is 10. The van der Waals surface area contributed by atoms with Crippen LogP contribution in [0.3, 0.4) is 0 Å². The van der Waals surface area contributed by atoms with Crippen LogP contribution in [0, 0.1) is 0 Å². The molecule has 0 aromatic carbocycles. The highest BCUT2D eigenvalue weighted by Crippen LogP contribution is 2.00. The van der Waals surface area contributed by atoms with Crippen molar-refractivity contribution in [3.05, 3.63) is 60.8 Å². The van der Waals surface area contributed by atoms with Crippen LogP contribution in [0.25, 0.3) is 0 Å². The minimum absolute atomic E-state index is 0.343. The molecule has 24 heavy (non-hydrogen) atoms. The Balaban J connectivity index is 3.48. The van der Waals surface area contributed by atoms with Crippen molar-refractivity contribution in [3.8, 4) is 0 Å². The first-order chi connectivity index (χ1) is 11.8. The molecule has 0 aliphatic carbocycles. The van der Waals surface area contributed by atoms with Crippen molar-refractivity contribution in [1.82, 2.24) is 0 Å². The second-order valence-electron chi connectivity index (χ2n) is 5.25. The molecule has 0 aliphatic rings. The van der Waals surface area contributed by atoms with Gasteiger partial charge in [0.05, 0.1) is 0 Å². The first-order valence-corrected chi connectivity index (χ1v) is 8.82. The average Bonchev–Trinajstić information content (AvgIpc) is 2.58. The number of rotatable bonds is 14. The maximum Gasteiger partial charge on any atom is 0.307 e. The summed E-state index contributed by atoms with van der Waals surface area (Å²) in [5.74, 6) is -0.343. The van der Waals surface area contributed by atoms with Crippen molar-refractivity contribution in [1.29, 1.82) is 0 Å². The zero-order valence-corrected chi connectivity index (χ0v) is 14.9. The Hall–Kier alpha value is -1.87. The summed E-state index contributed by atoms with van der Waals surface area (Å²) in [6, 6.07) is 0. The summed E-state index contributed by atoms with van der Waals surface area (Å²) < 4.78 is 4.44. The Morgan fingerprint density at radius 3 is 1.71 bits per heavy atom. The van der Waals surface area contributed by atoms with Gasteiger partial charge in [-0.1, -0.05) is 67.7 Å². The van der Waals surface area contributed by atoms with Gasteiger partial charge in [0.2, 0.25) is 0 Å². The van der Waals surface area contributed by atoms with Crippen LogP contribution in [0.5, 0.6) is 0 Å². The van der Waals surface area contributed by atoms with Gasteiger partial charge in [-0.15, -0.1) is 0 Å². The first kappa shape index (κ1) is 22.1. The zero-order chi connectivity index (χ0) is 17.7. The Morgan fingerprint density at radius 1 is 0.792 bits per heavy atom. The summed E-state index contributed by atoms with van der Waals surface area (Å²) in [7, 11) is 0. The Kier molecular flexibility index (Phi) is 17.7. The predicted octanol–water partition coefficient (Wildman–Crippen LogP) is 5.40. The van der Waals surface area contributed by atoms with Crippen LogP contribution in [0.1, 0.15) is 58.3 Å². The molecule has 0 spiro atoms. The fraction of sp³-hybridized carbons (Fsp3) is 0.476. The van der Waals surface area contributed by atoms with Crippen LogP contribution in [0.4, 0.5) is 0 Å². The van der Waals surface area contributed by atoms with Crippen molar-refractivity contribution < 1.29 is 14.6 Å². The molecule has 3 nitrogen and oxygen atoms in total. The quantitative estimate of drug-likeness (QED) is 0.200. The third-order valence-electron chi connectivity index (χ3n) is 3.13. The van der Waals surface area contributed by atoms with Crippen molar-refractivity contribution >= 4 is 5.97 Å². The Bertz CT molecular complexity index is 428. The van der Waals surface area contributed by atoms with E-state index in [4.69, 9.17) is 5.11 Å². The van der Waals surface area contributed by atoms with Crippen molar-refractivity contribution in [3.63, 3.8) is 0 Å². The highest BCUT2D eigenvalue weighted by Gasteiger charge is 1.98. The van der Waals surface area contributed by atoms with Crippen LogP contribution in [-0.4, -0.2) is 17.9 Å². The summed E-state index contributed by atoms with van der Waals surface area (Å²) in [6.45, 7) is 1.62. The second kappa shape index (κ2) is 19.2. The van der Waals surface area contributed by atoms with Crippen LogP contribution >= 0.6 is 0 Å². The van der Waals surface area contributed by atoms with Gasteiger partial charge in [-0.25, -0.2) is 0 Å². The third kappa shape index (κ3) is 18.2. The molecule has 0 atom stereocenters. The topological polar surface area (TPSA) is 46.5 Å². The van der Waals surface area contributed by atoms with Crippen molar-refractivity contribution in [2.75, 3.05) is 6.79 Å². The molecule has 134 valence electrons. The van der Waals surface area contributed by atoms with E-state index in [1.54, 1.807) is 0 Å². The van der Waals surface area contributed by atoms with Crippen LogP contribution in [-0.2, 0) is 9.53 Å². The molecule has 0 saturated heterocycles. The maximum absolute atomic E-state index is 11.0. The molecule has 0 bridgehead atoms. The Morgan fingerprint density at radius 2 is 1.25 bits per heavy atom. The summed E-state index contributed by atoms with van der Waals surface area (Å²) in [4.78, 5) is 11.0. The molecule has 0 amide bonds. The largest absolute Gasteiger partial charge is 0.439 e. The molecule has 1 N–H and O–H groups in total. The average molecular weight is 332 g/mol. The summed E-state index contributed by atoms with van der Waals surface area (Å²) in [5, 5.41) is 8.41. The van der Waals surface area contributed by atoms with E-state index < -0.39 is 6.79 Å². The molecule has 0 rings (SSSR count). The van der Waals surface area contributed by atoms with Gasteiger partial charge in [0.25, 0.3) is 0 Å². The molecular weight excluding hydrogens is 300 g/mol. The minimum atomic E-state index is -0.527. The number of hydrogen-bond acceptors (Lipinski definition) is 3. The molecule has 0 unspecified atom stereocenters. The Labute approximate surface area is 147 Å². The highest BCUT2D eigenvalue weighted by atomic mass is 16.6. The van der Waals surface area contributed by atoms with E-state index >= 15 is 0 Å². The fourth-order valence-corrected chi connectivity index (χ4v) is 1.88. The third-order valence-corrected chi connectivity index (χ3v) is 3.13. The molecule has 0 aromatic heterocycles. The molecule has 0 aliphatic heterocycles. The monoisotopic (exact) mass is 332 g/mol. The molecule has 0 radical (unpaired) electrons. The van der Waals surface area contributed by atoms with E-state index in [-0.39, 0.29) is 5.97 Å². The zero-order valence-electron chi connectivity index (χ0n) is 14.9. The van der Waals surface area contributed by atoms with E-state index in [1.165, 1.54) is 0 Å². The number of carbonyl (C=O) groups is 1. The van der Waals surface area contributed by atoms with Gasteiger partial charge in [0.1, 0.15) is 0 Å². The molecule has 0 saturated carbocycles. The summed E-state index contributed by atoms with van der Waals surface area (Å²) in [6.07, 6.45) is 28.6. The number of esters is 1. The number of carbonyl (C=O) groups excluding carboxylic acids is 1. The number of aliphatic hydroxyl groups is 1. The number of unbranched alkanes of at least 4 members (excludes halogenated alkanes) is 1. The standard InChI is InChI=1S/C21H32O3/c1-2-3-4-5-6-7-8-9-10-11-12-13-14-15-16-17-18-19-21(23)24-20-22/h3-4,6-7,9-10,12-13,15-16,22H,2,5,8,11,14,17-20H2,1H3/b4-3-,7-6-,10-9-,13-12-,16-15-. The van der Waals surface area contributed by atoms with Crippen molar-refractivity contribution in [2.24, 2.45) is 0 Å². The lowest BCUT2D eigenvalue weighted by Gasteiger charge is -1.98. The molecule has 0 aromatic rings. The lowest BCUT2D eigenvalue weighted by atomic mass is 10.2. The number of ether oxygens (including phenoxy) is 1. The fourth-order valence-electron chi connectivity index (χ4n) is 1.88. The second-order valence-corrected chi connectivity index (χ2v) is 5.25. The van der Waals surface area contributed by atoms with Crippen LogP contribution < -0.4 is 0 Å². The molecule has 3 heteroatoms. The van der Waals surface area contributed by atoms with E-state index in [2.05, 4.69) is 72.4 Å². The molecule has 0 fully saturated rings. The molecular formula is C21H32O3. The maximum atomic E-state index is 11.0. The van der Waals surface area contributed by atoms with Gasteiger partial charge in [-0.3, -0.25) is 4.79 Å². The van der Waals surface area contributed by atoms with Gasteiger partial charge in [0, 0.05) is 6.42 Å². The van der Waals surface area contributed by atoms with Crippen LogP contribution in [0.2, 0.25) is 0 Å². The summed E-state index contributed by atoms with van der Waals surface area (Å²) in [5.41, 5.74) is 0. The smallest absolute Gasteiger partial charge is 0.307 e. The van der Waals surface area contributed by atoms with Gasteiger partial charge in [0.15, 0.2) is 6.79 Å². The van der Waals surface area contributed by atoms with Gasteiger partial charge < -0.3 is 9.84 Å². The lowest BCUT2D eigenvalue weighted by Crippen LogP contribution is -2.04.